The molecular formula is C25H42O2Si. The third-order valence-electron chi connectivity index (χ3n) is 10.5. The molecule has 3 heteroatoms. The Kier molecular flexibility index (Phi) is 4.35. The van der Waals surface area contributed by atoms with Crippen molar-refractivity contribution in [3.8, 4) is 0 Å². The van der Waals surface area contributed by atoms with Gasteiger partial charge in [0.1, 0.15) is 0 Å². The molecule has 0 aromatic rings. The number of rotatable bonds is 3. The molecule has 3 fully saturated rings. The maximum Gasteiger partial charge on any atom is 0.192 e. The fourth-order valence-electron chi connectivity index (χ4n) is 8.11. The first-order valence-corrected chi connectivity index (χ1v) is 14.5. The van der Waals surface area contributed by atoms with Crippen LogP contribution < -0.4 is 0 Å². The lowest BCUT2D eigenvalue weighted by molar-refractivity contribution is -0.114. The van der Waals surface area contributed by atoms with Gasteiger partial charge < -0.3 is 4.43 Å². The number of carbonyl (C=O) groups is 1. The van der Waals surface area contributed by atoms with Crippen LogP contribution in [0.2, 0.25) is 18.1 Å². The van der Waals surface area contributed by atoms with Crippen LogP contribution in [0.25, 0.3) is 0 Å². The summed E-state index contributed by atoms with van der Waals surface area (Å²) in [6.45, 7) is 21.8. The van der Waals surface area contributed by atoms with Crippen LogP contribution in [0.15, 0.2) is 11.6 Å². The van der Waals surface area contributed by atoms with Gasteiger partial charge in [-0.3, -0.25) is 4.79 Å². The first-order chi connectivity index (χ1) is 12.7. The number of ketones is 1. The van der Waals surface area contributed by atoms with Crippen LogP contribution in [0.1, 0.15) is 80.6 Å². The number of carbonyl (C=O) groups excluding carboxylic acids is 1. The highest BCUT2D eigenvalue weighted by Gasteiger charge is 2.77. The van der Waals surface area contributed by atoms with Gasteiger partial charge in [0.15, 0.2) is 14.1 Å². The summed E-state index contributed by atoms with van der Waals surface area (Å²) in [6, 6.07) is 0. The second kappa shape index (κ2) is 5.84. The summed E-state index contributed by atoms with van der Waals surface area (Å²) >= 11 is 0. The molecule has 4 aliphatic rings. The molecule has 0 heterocycles. The first kappa shape index (κ1) is 20.8. The van der Waals surface area contributed by atoms with Crippen molar-refractivity contribution in [2.75, 3.05) is 0 Å². The van der Waals surface area contributed by atoms with Crippen molar-refractivity contribution in [3.05, 3.63) is 11.6 Å². The predicted molar refractivity (Wildman–Crippen MR) is 119 cm³/mol. The minimum atomic E-state index is -1.88. The van der Waals surface area contributed by atoms with E-state index >= 15 is 0 Å². The summed E-state index contributed by atoms with van der Waals surface area (Å²) in [5.74, 6) is 2.33. The minimum Gasteiger partial charge on any atom is -0.413 e. The van der Waals surface area contributed by atoms with Crippen LogP contribution in [0.3, 0.4) is 0 Å². The zero-order chi connectivity index (χ0) is 20.9. The quantitative estimate of drug-likeness (QED) is 0.487. The summed E-state index contributed by atoms with van der Waals surface area (Å²) in [5, 5.41) is 0.213. The molecule has 4 aliphatic carbocycles. The van der Waals surface area contributed by atoms with Crippen molar-refractivity contribution in [2.45, 2.75) is 105 Å². The summed E-state index contributed by atoms with van der Waals surface area (Å²) in [5.41, 5.74) is 2.16. The zero-order valence-corrected chi connectivity index (χ0v) is 20.7. The van der Waals surface area contributed by atoms with Gasteiger partial charge in [-0.1, -0.05) is 54.0 Å². The van der Waals surface area contributed by atoms with Gasteiger partial charge >= 0.3 is 0 Å². The van der Waals surface area contributed by atoms with Crippen LogP contribution in [0.5, 0.6) is 0 Å². The molecule has 158 valence electrons. The Morgan fingerprint density at radius 1 is 1.18 bits per heavy atom. The van der Waals surface area contributed by atoms with E-state index in [2.05, 4.69) is 67.6 Å². The van der Waals surface area contributed by atoms with Gasteiger partial charge in [0.2, 0.25) is 0 Å². The fraction of sp³-hybridized carbons (Fsp3) is 0.880. The molecule has 0 aliphatic heterocycles. The second-order valence-electron chi connectivity index (χ2n) is 12.8. The molecule has 2 nitrogen and oxygen atoms in total. The van der Waals surface area contributed by atoms with Gasteiger partial charge in [0, 0.05) is 11.8 Å². The van der Waals surface area contributed by atoms with Crippen molar-refractivity contribution >= 4 is 14.1 Å². The highest BCUT2D eigenvalue weighted by atomic mass is 28.4. The lowest BCUT2D eigenvalue weighted by Crippen LogP contribution is -2.49. The predicted octanol–water partition coefficient (Wildman–Crippen LogP) is 6.76. The highest BCUT2D eigenvalue weighted by Crippen LogP contribution is 2.82. The van der Waals surface area contributed by atoms with Gasteiger partial charge in [0.05, 0.1) is 6.10 Å². The molecule has 28 heavy (non-hydrogen) atoms. The van der Waals surface area contributed by atoms with Crippen LogP contribution in [0.4, 0.5) is 0 Å². The Morgan fingerprint density at radius 2 is 1.82 bits per heavy atom. The number of hydrogen-bond acceptors (Lipinski definition) is 2. The molecule has 0 amide bonds. The van der Waals surface area contributed by atoms with Crippen molar-refractivity contribution in [1.29, 1.82) is 0 Å². The molecule has 0 aromatic heterocycles. The van der Waals surface area contributed by atoms with Crippen LogP contribution in [-0.4, -0.2) is 20.2 Å². The molecule has 0 unspecified atom stereocenters. The highest BCUT2D eigenvalue weighted by molar-refractivity contribution is 6.74. The lowest BCUT2D eigenvalue weighted by atomic mass is 9.57. The van der Waals surface area contributed by atoms with Crippen molar-refractivity contribution in [2.24, 2.45) is 34.0 Å². The van der Waals surface area contributed by atoms with E-state index in [1.165, 1.54) is 31.3 Å². The average molecular weight is 403 g/mol. The molecule has 0 N–H and O–H groups in total. The Balaban J connectivity index is 1.83. The standard InChI is InChI=1S/C25H42O2Si/c1-16(2)19-10-11-25-14-17-12-18(26)13-20(17)24(25,7)21(15-23(19,25)6)27-28(8,9)22(3,4)5/h13,16-17,19,21H,10-12,14-15H2,1-9H3/t17-,19+,21-,23+,24-,25+/m0/s1. The lowest BCUT2D eigenvalue weighted by Gasteiger charge is -2.48. The van der Waals surface area contributed by atoms with E-state index in [0.717, 1.165) is 18.3 Å². The van der Waals surface area contributed by atoms with Gasteiger partial charge in [0.25, 0.3) is 0 Å². The SMILES string of the molecule is CC(C)[C@H]1CC[C@]23C[C@@H]4CC(=O)C=C4[C@@]2(C)[C@@H](O[Si](C)(C)C(C)(C)C)C[C@]13C. The Morgan fingerprint density at radius 3 is 2.39 bits per heavy atom. The van der Waals surface area contributed by atoms with Crippen molar-refractivity contribution in [3.63, 3.8) is 0 Å². The topological polar surface area (TPSA) is 26.3 Å². The van der Waals surface area contributed by atoms with E-state index in [4.69, 9.17) is 4.43 Å². The zero-order valence-electron chi connectivity index (χ0n) is 19.7. The Labute approximate surface area is 174 Å². The van der Waals surface area contributed by atoms with Crippen molar-refractivity contribution < 1.29 is 9.22 Å². The molecule has 0 aromatic carbocycles. The monoisotopic (exact) mass is 402 g/mol. The summed E-state index contributed by atoms with van der Waals surface area (Å²) in [7, 11) is -1.88. The first-order valence-electron chi connectivity index (χ1n) is 11.6. The number of allylic oxidation sites excluding steroid dienone is 1. The van der Waals surface area contributed by atoms with Crippen LogP contribution in [0, 0.1) is 34.0 Å². The molecule has 3 saturated carbocycles. The molecule has 1 spiro atoms. The largest absolute Gasteiger partial charge is 0.413 e. The molecule has 0 saturated heterocycles. The second-order valence-corrected chi connectivity index (χ2v) is 17.6. The molecule has 4 rings (SSSR count). The van der Waals surface area contributed by atoms with E-state index in [-0.39, 0.29) is 16.6 Å². The van der Waals surface area contributed by atoms with Crippen LogP contribution in [-0.2, 0) is 9.22 Å². The van der Waals surface area contributed by atoms with E-state index in [1.807, 2.05) is 0 Å². The fourth-order valence-corrected chi connectivity index (χ4v) is 9.49. The van der Waals surface area contributed by atoms with Crippen LogP contribution >= 0.6 is 0 Å². The van der Waals surface area contributed by atoms with E-state index in [9.17, 15) is 4.79 Å². The smallest absolute Gasteiger partial charge is 0.192 e. The van der Waals surface area contributed by atoms with Gasteiger partial charge in [-0.05, 0) is 78.5 Å². The molecule has 0 radical (unpaired) electrons. The van der Waals surface area contributed by atoms with Gasteiger partial charge in [-0.2, -0.15) is 0 Å². The molecule has 6 atom stereocenters. The van der Waals surface area contributed by atoms with E-state index in [0.29, 0.717) is 22.5 Å². The molecule has 0 bridgehead atoms. The Hall–Kier alpha value is -0.413. The van der Waals surface area contributed by atoms with Gasteiger partial charge in [-0.15, -0.1) is 0 Å². The minimum absolute atomic E-state index is 0.0394. The maximum atomic E-state index is 12.4. The third kappa shape index (κ3) is 2.32. The number of fused-ring (bicyclic) bond motifs is 2. The van der Waals surface area contributed by atoms with Crippen molar-refractivity contribution in [1.82, 2.24) is 0 Å². The summed E-state index contributed by atoms with van der Waals surface area (Å²) < 4.78 is 7.23. The van der Waals surface area contributed by atoms with E-state index < -0.39 is 8.32 Å². The van der Waals surface area contributed by atoms with Gasteiger partial charge in [-0.25, -0.2) is 0 Å². The summed E-state index contributed by atoms with van der Waals surface area (Å²) in [6.07, 6.45) is 8.14. The summed E-state index contributed by atoms with van der Waals surface area (Å²) in [4.78, 5) is 12.4. The maximum absolute atomic E-state index is 12.4. The van der Waals surface area contributed by atoms with E-state index in [1.54, 1.807) is 0 Å². The third-order valence-corrected chi connectivity index (χ3v) is 15.0. The Bertz CT molecular complexity index is 729. The normalized spacial score (nSPS) is 45.4. The molecular weight excluding hydrogens is 360 g/mol. The number of hydrogen-bond donors (Lipinski definition) is 0. The average Bonchev–Trinajstić information content (AvgIpc) is 3.14.